The topological polar surface area (TPSA) is 105 Å². The Balaban J connectivity index is 2.86. The molecule has 0 aliphatic rings. The summed E-state index contributed by atoms with van der Waals surface area (Å²) >= 11 is -5.30. The fourth-order valence-electron chi connectivity index (χ4n) is 2.48. The maximum absolute atomic E-state index is 12.4. The molecule has 2 rings (SSSR count). The Morgan fingerprint density at radius 3 is 2.46 bits per heavy atom. The first-order valence-corrected chi connectivity index (χ1v) is 10.3. The molecule has 3 N–H and O–H groups in total. The number of benzene rings is 2. The molecule has 8 heteroatoms. The second-order valence-electron chi connectivity index (χ2n) is 5.19. The Morgan fingerprint density at radius 2 is 1.88 bits per heavy atom. The quantitative estimate of drug-likeness (QED) is 0.404. The molecule has 7 nitrogen and oxygen atoms in total. The monoisotopic (exact) mass is 395 g/mol. The van der Waals surface area contributed by atoms with E-state index in [2.05, 4.69) is 9.19 Å². The average molecular weight is 395 g/mol. The molecule has 1 unspecified atom stereocenters. The molecule has 0 heterocycles. The van der Waals surface area contributed by atoms with Crippen molar-refractivity contribution in [1.29, 1.82) is 0 Å². The molecule has 2 aromatic rings. The van der Waals surface area contributed by atoms with Crippen molar-refractivity contribution < 1.29 is 26.5 Å². The average Bonchev–Trinajstić information content (AvgIpc) is 2.53. The number of nitrogens with one attached hydrogen (secondary N) is 1. The first-order chi connectivity index (χ1) is 11.3. The molecule has 128 valence electrons. The molecule has 0 aromatic heterocycles. The molecule has 0 radical (unpaired) electrons. The van der Waals surface area contributed by atoms with Gasteiger partial charge < -0.3 is 0 Å². The first-order valence-electron chi connectivity index (χ1n) is 7.02. The molecule has 24 heavy (non-hydrogen) atoms. The number of carbonyl (C=O) groups excluding carboxylic acids is 1. The van der Waals surface area contributed by atoms with Gasteiger partial charge in [0.2, 0.25) is 0 Å². The van der Waals surface area contributed by atoms with Gasteiger partial charge in [-0.05, 0) is 0 Å². The van der Waals surface area contributed by atoms with Crippen molar-refractivity contribution in [3.05, 3.63) is 42.0 Å². The number of hydrogen-bond acceptors (Lipinski definition) is 5. The molecule has 0 aliphatic carbocycles. The first kappa shape index (κ1) is 18.3. The van der Waals surface area contributed by atoms with E-state index in [1.54, 1.807) is 43.3 Å². The van der Waals surface area contributed by atoms with Crippen LogP contribution in [0.1, 0.15) is 12.5 Å². The summed E-state index contributed by atoms with van der Waals surface area (Å²) in [5.41, 5.74) is 1.74. The molecule has 1 atom stereocenters. The summed E-state index contributed by atoms with van der Waals surface area (Å²) in [7, 11) is 1.48. The van der Waals surface area contributed by atoms with Crippen LogP contribution in [0.15, 0.2) is 36.4 Å². The third-order valence-corrected chi connectivity index (χ3v) is 6.02. The van der Waals surface area contributed by atoms with Crippen LogP contribution in [0.2, 0.25) is 0 Å². The zero-order chi connectivity index (χ0) is 17.9. The van der Waals surface area contributed by atoms with Gasteiger partial charge in [0.1, 0.15) is 0 Å². The Morgan fingerprint density at radius 1 is 1.21 bits per heavy atom. The van der Waals surface area contributed by atoms with Crippen molar-refractivity contribution in [3.8, 4) is 16.9 Å². The van der Waals surface area contributed by atoms with Crippen LogP contribution in [-0.2, 0) is 12.4 Å². The van der Waals surface area contributed by atoms with Gasteiger partial charge in [-0.25, -0.2) is 0 Å². The number of rotatable bonds is 5. The van der Waals surface area contributed by atoms with E-state index in [1.165, 1.54) is 14.0 Å². The van der Waals surface area contributed by atoms with Crippen molar-refractivity contribution in [2.45, 2.75) is 13.8 Å². The van der Waals surface area contributed by atoms with E-state index in [9.17, 15) is 12.6 Å². The van der Waals surface area contributed by atoms with E-state index in [-0.39, 0.29) is 10.0 Å². The Bertz CT molecular complexity index is 820. The van der Waals surface area contributed by atoms with Crippen LogP contribution in [0.4, 0.5) is 5.69 Å². The predicted molar refractivity (Wildman–Crippen MR) is 89.5 cm³/mol. The van der Waals surface area contributed by atoms with Gasteiger partial charge in [0.25, 0.3) is 0 Å². The van der Waals surface area contributed by atoms with Crippen LogP contribution < -0.4 is 14.4 Å². The zero-order valence-corrected chi connectivity index (χ0v) is 15.3. The number of para-hydroxylation sites is 1. The molecular formula is C16H18AsNO6. The second kappa shape index (κ2) is 7.23. The Kier molecular flexibility index (Phi) is 5.51. The van der Waals surface area contributed by atoms with Crippen LogP contribution in [0.5, 0.6) is 5.75 Å². The third kappa shape index (κ3) is 3.71. The molecular weight excluding hydrogens is 377 g/mol. The molecule has 0 spiro atoms. The number of aryl methyl sites for hydroxylation is 1. The van der Waals surface area contributed by atoms with Crippen LogP contribution in [0.25, 0.3) is 11.1 Å². The number of anilines is 1. The fourth-order valence-corrected chi connectivity index (χ4v) is 4.57. The van der Waals surface area contributed by atoms with Crippen molar-refractivity contribution in [1.82, 2.24) is 0 Å². The van der Waals surface area contributed by atoms with Gasteiger partial charge in [-0.2, -0.15) is 0 Å². The minimum atomic E-state index is -5.30. The Hall–Kier alpha value is -2.05. The van der Waals surface area contributed by atoms with Crippen molar-refractivity contribution in [3.63, 3.8) is 0 Å². The van der Waals surface area contributed by atoms with Gasteiger partial charge >= 0.3 is 142 Å². The van der Waals surface area contributed by atoms with Gasteiger partial charge in [-0.1, -0.05) is 0 Å². The second-order valence-corrected chi connectivity index (χ2v) is 8.66. The summed E-state index contributed by atoms with van der Waals surface area (Å²) in [4.78, 5) is 11.5. The number of hydrogen-bond donors (Lipinski definition) is 3. The van der Waals surface area contributed by atoms with E-state index >= 15 is 0 Å². The van der Waals surface area contributed by atoms with Crippen molar-refractivity contribution in [2.75, 3.05) is 12.4 Å². The van der Waals surface area contributed by atoms with Gasteiger partial charge in [0.05, 0.1) is 0 Å². The van der Waals surface area contributed by atoms with Crippen LogP contribution in [0.3, 0.4) is 0 Å². The number of methoxy groups -OCH3 is 1. The van der Waals surface area contributed by atoms with Gasteiger partial charge in [-0.3, -0.25) is 0 Å². The van der Waals surface area contributed by atoms with Gasteiger partial charge in [0.15, 0.2) is 0 Å². The third-order valence-electron chi connectivity index (χ3n) is 3.36. The molecule has 0 bridgehead atoms. The van der Waals surface area contributed by atoms with Crippen LogP contribution in [-0.4, -0.2) is 36.5 Å². The van der Waals surface area contributed by atoms with E-state index in [1.807, 2.05) is 0 Å². The number of amides is 1. The van der Waals surface area contributed by atoms with E-state index in [0.29, 0.717) is 16.9 Å². The summed E-state index contributed by atoms with van der Waals surface area (Å²) in [6.45, 7) is 3.06. The summed E-state index contributed by atoms with van der Waals surface area (Å²) in [6.07, 6.45) is 0. The van der Waals surface area contributed by atoms with Crippen molar-refractivity contribution in [2.24, 2.45) is 0 Å². The standard InChI is InChI=1S/C16H18AsNO6/c1-10-8-13(12-6-4-5-7-15(12)23-3)16(17(20,21)24-22)14(9-10)18-11(2)19/h4-9,22H,1-3H3,(H,18,19)(H,20,21). The molecule has 0 aliphatic heterocycles. The summed E-state index contributed by atoms with van der Waals surface area (Å²) in [5, 5.41) is 11.5. The van der Waals surface area contributed by atoms with Crippen LogP contribution >= 0.6 is 0 Å². The molecule has 0 fully saturated rings. The maximum atomic E-state index is 12.4. The fraction of sp³-hybridized carbons (Fsp3) is 0.188. The van der Waals surface area contributed by atoms with E-state index < -0.39 is 20.1 Å². The number of ether oxygens (including phenoxy) is 1. The normalized spacial score (nSPS) is 13.2. The SMILES string of the molecule is COc1ccccc1-c1cc(C)cc(NC(C)=O)c1[As](=O)(O)OO. The molecule has 1 amide bonds. The summed E-state index contributed by atoms with van der Waals surface area (Å²) in [5.74, 6) is 0.0628. The zero-order valence-electron chi connectivity index (χ0n) is 13.4. The van der Waals surface area contributed by atoms with E-state index in [0.717, 1.165) is 5.56 Å². The predicted octanol–water partition coefficient (Wildman–Crippen LogP) is 1.69. The van der Waals surface area contributed by atoms with Gasteiger partial charge in [0, 0.05) is 0 Å². The minimum absolute atomic E-state index is 0.113. The summed E-state index contributed by atoms with van der Waals surface area (Å²) in [6, 6.07) is 10.1. The van der Waals surface area contributed by atoms with Crippen molar-refractivity contribution >= 4 is 30.1 Å². The molecule has 0 saturated carbocycles. The molecule has 0 saturated heterocycles. The van der Waals surface area contributed by atoms with Gasteiger partial charge in [-0.15, -0.1) is 0 Å². The van der Waals surface area contributed by atoms with E-state index in [4.69, 9.17) is 9.99 Å². The summed E-state index contributed by atoms with van der Waals surface area (Å²) < 4.78 is 31.6. The molecule has 2 aromatic carbocycles. The van der Waals surface area contributed by atoms with Crippen LogP contribution in [0, 0.1) is 6.92 Å². The Labute approximate surface area is 142 Å². The number of carbonyl (C=O) groups is 1.